The SMILES string of the molecule is COC(C(=O)Cl)C(C)C. The molecule has 0 saturated carbocycles. The lowest BCUT2D eigenvalue weighted by Crippen LogP contribution is -2.24. The third-order valence-corrected chi connectivity index (χ3v) is 1.30. The van der Waals surface area contributed by atoms with Crippen molar-refractivity contribution in [3.8, 4) is 0 Å². The number of ether oxygens (including phenoxy) is 1. The lowest BCUT2D eigenvalue weighted by Gasteiger charge is -2.13. The van der Waals surface area contributed by atoms with Gasteiger partial charge in [0.25, 0.3) is 5.24 Å². The Bertz CT molecular complexity index is 101. The lowest BCUT2D eigenvalue weighted by atomic mass is 10.1. The van der Waals surface area contributed by atoms with E-state index in [0.29, 0.717) is 0 Å². The summed E-state index contributed by atoms with van der Waals surface area (Å²) in [6, 6.07) is 0. The predicted molar refractivity (Wildman–Crippen MR) is 36.5 cm³/mol. The summed E-state index contributed by atoms with van der Waals surface area (Å²) in [5.41, 5.74) is 0. The van der Waals surface area contributed by atoms with Crippen LogP contribution in [-0.2, 0) is 9.53 Å². The zero-order valence-corrected chi connectivity index (χ0v) is 6.61. The van der Waals surface area contributed by atoms with Gasteiger partial charge in [-0.3, -0.25) is 4.79 Å². The molecule has 0 N–H and O–H groups in total. The van der Waals surface area contributed by atoms with Gasteiger partial charge >= 0.3 is 0 Å². The largest absolute Gasteiger partial charge is 0.372 e. The molecule has 2 nitrogen and oxygen atoms in total. The summed E-state index contributed by atoms with van der Waals surface area (Å²) in [6.07, 6.45) is -0.452. The Balaban J connectivity index is 3.83. The number of carbonyl (C=O) groups excluding carboxylic acids is 1. The molecular formula is C6H11ClO2. The molecule has 0 aromatic heterocycles. The highest BCUT2D eigenvalue weighted by molar-refractivity contribution is 6.64. The summed E-state index contributed by atoms with van der Waals surface area (Å²) in [4.78, 5) is 10.5. The van der Waals surface area contributed by atoms with Gasteiger partial charge in [0.15, 0.2) is 0 Å². The maximum atomic E-state index is 10.5. The molecule has 0 radical (unpaired) electrons. The van der Waals surface area contributed by atoms with Crippen LogP contribution in [0.5, 0.6) is 0 Å². The van der Waals surface area contributed by atoms with Crippen LogP contribution < -0.4 is 0 Å². The summed E-state index contributed by atoms with van der Waals surface area (Å²) in [7, 11) is 1.48. The average molecular weight is 151 g/mol. The van der Waals surface area contributed by atoms with Crippen LogP contribution in [0, 0.1) is 5.92 Å². The predicted octanol–water partition coefficient (Wildman–Crippen LogP) is 1.42. The van der Waals surface area contributed by atoms with E-state index >= 15 is 0 Å². The van der Waals surface area contributed by atoms with Crippen molar-refractivity contribution in [2.45, 2.75) is 20.0 Å². The van der Waals surface area contributed by atoms with Gasteiger partial charge in [0.05, 0.1) is 0 Å². The van der Waals surface area contributed by atoms with E-state index in [2.05, 4.69) is 0 Å². The minimum Gasteiger partial charge on any atom is -0.372 e. The van der Waals surface area contributed by atoms with E-state index in [0.717, 1.165) is 0 Å². The first-order valence-corrected chi connectivity index (χ1v) is 3.19. The van der Waals surface area contributed by atoms with Crippen LogP contribution in [0.4, 0.5) is 0 Å². The normalized spacial score (nSPS) is 13.9. The highest BCUT2D eigenvalue weighted by Gasteiger charge is 2.18. The number of hydrogen-bond acceptors (Lipinski definition) is 2. The first-order chi connectivity index (χ1) is 4.09. The van der Waals surface area contributed by atoms with Crippen molar-refractivity contribution in [1.82, 2.24) is 0 Å². The number of rotatable bonds is 3. The highest BCUT2D eigenvalue weighted by Crippen LogP contribution is 2.07. The smallest absolute Gasteiger partial charge is 0.250 e. The molecule has 0 aromatic carbocycles. The molecule has 0 aliphatic heterocycles. The third kappa shape index (κ3) is 2.82. The first kappa shape index (κ1) is 8.92. The second kappa shape index (κ2) is 3.85. The Hall–Kier alpha value is -0.0800. The maximum absolute atomic E-state index is 10.5. The molecule has 0 heterocycles. The van der Waals surface area contributed by atoms with Gasteiger partial charge in [-0.1, -0.05) is 13.8 Å². The zero-order chi connectivity index (χ0) is 7.44. The summed E-state index contributed by atoms with van der Waals surface area (Å²) in [5, 5.41) is -0.424. The van der Waals surface area contributed by atoms with Gasteiger partial charge in [0, 0.05) is 7.11 Å². The number of methoxy groups -OCH3 is 1. The minimum absolute atomic E-state index is 0.153. The zero-order valence-electron chi connectivity index (χ0n) is 5.85. The van der Waals surface area contributed by atoms with Crippen molar-refractivity contribution in [2.24, 2.45) is 5.92 Å². The molecule has 54 valence electrons. The topological polar surface area (TPSA) is 26.3 Å². The molecule has 9 heavy (non-hydrogen) atoms. The van der Waals surface area contributed by atoms with Gasteiger partial charge in [0.2, 0.25) is 0 Å². The van der Waals surface area contributed by atoms with Crippen LogP contribution in [0.3, 0.4) is 0 Å². The number of halogens is 1. The van der Waals surface area contributed by atoms with Gasteiger partial charge in [-0.05, 0) is 17.5 Å². The van der Waals surface area contributed by atoms with Crippen LogP contribution in [-0.4, -0.2) is 18.5 Å². The highest BCUT2D eigenvalue weighted by atomic mass is 35.5. The molecule has 0 rings (SSSR count). The standard InChI is InChI=1S/C6H11ClO2/c1-4(2)5(9-3)6(7)8/h4-5H,1-3H3. The first-order valence-electron chi connectivity index (χ1n) is 2.81. The van der Waals surface area contributed by atoms with Gasteiger partial charge in [0.1, 0.15) is 6.10 Å². The Morgan fingerprint density at radius 3 is 2.00 bits per heavy atom. The molecule has 1 atom stereocenters. The van der Waals surface area contributed by atoms with E-state index in [9.17, 15) is 4.79 Å². The van der Waals surface area contributed by atoms with Gasteiger partial charge in [-0.15, -0.1) is 0 Å². The second-order valence-electron chi connectivity index (χ2n) is 2.20. The third-order valence-electron chi connectivity index (χ3n) is 1.08. The Morgan fingerprint density at radius 1 is 1.56 bits per heavy atom. The molecule has 3 heteroatoms. The van der Waals surface area contributed by atoms with E-state index < -0.39 is 11.3 Å². The molecule has 0 aromatic rings. The van der Waals surface area contributed by atoms with E-state index in [-0.39, 0.29) is 5.92 Å². The summed E-state index contributed by atoms with van der Waals surface area (Å²) in [5.74, 6) is 0.153. The Morgan fingerprint density at radius 2 is 2.00 bits per heavy atom. The van der Waals surface area contributed by atoms with Crippen LogP contribution in [0.1, 0.15) is 13.8 Å². The summed E-state index contributed by atoms with van der Waals surface area (Å²) < 4.78 is 4.79. The minimum atomic E-state index is -0.452. The van der Waals surface area contributed by atoms with Crippen molar-refractivity contribution < 1.29 is 9.53 Å². The van der Waals surface area contributed by atoms with Crippen LogP contribution >= 0.6 is 11.6 Å². The quantitative estimate of drug-likeness (QED) is 0.569. The van der Waals surface area contributed by atoms with Gasteiger partial charge < -0.3 is 4.74 Å². The van der Waals surface area contributed by atoms with Gasteiger partial charge in [-0.25, -0.2) is 0 Å². The molecule has 0 aliphatic rings. The van der Waals surface area contributed by atoms with Crippen molar-refractivity contribution >= 4 is 16.8 Å². The summed E-state index contributed by atoms with van der Waals surface area (Å²) in [6.45, 7) is 3.77. The van der Waals surface area contributed by atoms with E-state index in [1.54, 1.807) is 0 Å². The van der Waals surface area contributed by atoms with Crippen LogP contribution in [0.25, 0.3) is 0 Å². The van der Waals surface area contributed by atoms with Crippen LogP contribution in [0.15, 0.2) is 0 Å². The molecule has 1 unspecified atom stereocenters. The fourth-order valence-electron chi connectivity index (χ4n) is 0.627. The monoisotopic (exact) mass is 150 g/mol. The van der Waals surface area contributed by atoms with Crippen molar-refractivity contribution in [3.05, 3.63) is 0 Å². The number of hydrogen-bond donors (Lipinski definition) is 0. The van der Waals surface area contributed by atoms with E-state index in [1.165, 1.54) is 7.11 Å². The second-order valence-corrected chi connectivity index (χ2v) is 2.58. The Kier molecular flexibility index (Phi) is 3.82. The van der Waals surface area contributed by atoms with E-state index in [4.69, 9.17) is 16.3 Å². The lowest BCUT2D eigenvalue weighted by molar-refractivity contribution is -0.122. The molecule has 0 aliphatic carbocycles. The van der Waals surface area contributed by atoms with Crippen molar-refractivity contribution in [1.29, 1.82) is 0 Å². The molecule has 0 amide bonds. The van der Waals surface area contributed by atoms with Crippen molar-refractivity contribution in [2.75, 3.05) is 7.11 Å². The maximum Gasteiger partial charge on any atom is 0.250 e. The van der Waals surface area contributed by atoms with E-state index in [1.807, 2.05) is 13.8 Å². The molecule has 0 fully saturated rings. The molecule has 0 bridgehead atoms. The number of carbonyl (C=O) groups is 1. The molecule has 0 saturated heterocycles. The fourth-order valence-corrected chi connectivity index (χ4v) is 0.968. The van der Waals surface area contributed by atoms with Crippen molar-refractivity contribution in [3.63, 3.8) is 0 Å². The average Bonchev–Trinajstić information content (AvgIpc) is 1.64. The Labute approximate surface area is 60.1 Å². The van der Waals surface area contributed by atoms with Gasteiger partial charge in [-0.2, -0.15) is 0 Å². The van der Waals surface area contributed by atoms with Crippen LogP contribution in [0.2, 0.25) is 0 Å². The molecule has 0 spiro atoms. The summed E-state index contributed by atoms with van der Waals surface area (Å²) >= 11 is 5.18. The fraction of sp³-hybridized carbons (Fsp3) is 0.833. The molecular weight excluding hydrogens is 140 g/mol.